The number of hydrogen-bond acceptors (Lipinski definition) is 2. The van der Waals surface area contributed by atoms with Crippen molar-refractivity contribution >= 4 is 34.2 Å². The zero-order valence-corrected chi connectivity index (χ0v) is 9.09. The van der Waals surface area contributed by atoms with E-state index in [9.17, 15) is 0 Å². The summed E-state index contributed by atoms with van der Waals surface area (Å²) in [6.45, 7) is 0.561. The van der Waals surface area contributed by atoms with Gasteiger partial charge in [0.05, 0.1) is 11.1 Å². The Labute approximate surface area is 89.2 Å². The van der Waals surface area contributed by atoms with Crippen LogP contribution in [-0.2, 0) is 0 Å². The van der Waals surface area contributed by atoms with Gasteiger partial charge in [-0.1, -0.05) is 11.6 Å². The van der Waals surface area contributed by atoms with Gasteiger partial charge in [-0.3, -0.25) is 0 Å². The molecule has 1 atom stereocenters. The first-order valence-electron chi connectivity index (χ1n) is 3.56. The molecule has 1 aromatic carbocycles. The fourth-order valence-corrected chi connectivity index (χ4v) is 1.87. The van der Waals surface area contributed by atoms with Gasteiger partial charge in [0.1, 0.15) is 12.4 Å². The molecule has 1 aromatic rings. The van der Waals surface area contributed by atoms with E-state index < -0.39 is 0 Å². The lowest BCUT2D eigenvalue weighted by Gasteiger charge is -2.02. The molecule has 1 aliphatic heterocycles. The molecule has 2 nitrogen and oxygen atoms in total. The zero-order valence-electron chi connectivity index (χ0n) is 6.18. The first-order chi connectivity index (χ1) is 5.68. The lowest BCUT2D eigenvalue weighted by Crippen LogP contribution is -2.10. The van der Waals surface area contributed by atoms with Crippen LogP contribution in [0.4, 0.5) is 0 Å². The third-order valence-electron chi connectivity index (χ3n) is 1.87. The van der Waals surface area contributed by atoms with Crippen LogP contribution in [0.3, 0.4) is 0 Å². The summed E-state index contributed by atoms with van der Waals surface area (Å²) >= 11 is 8.10. The van der Waals surface area contributed by atoms with Gasteiger partial charge in [0, 0.05) is 15.2 Å². The monoisotopic (exact) mass is 295 g/mol. The highest BCUT2D eigenvalue weighted by atomic mass is 127. The molecule has 1 unspecified atom stereocenters. The van der Waals surface area contributed by atoms with Gasteiger partial charge in [-0.25, -0.2) is 0 Å². The third-order valence-corrected chi connectivity index (χ3v) is 3.39. The van der Waals surface area contributed by atoms with Crippen LogP contribution in [0.2, 0.25) is 5.02 Å². The quantitative estimate of drug-likeness (QED) is 0.746. The molecule has 4 heteroatoms. The lowest BCUT2D eigenvalue weighted by molar-refractivity contribution is 0.333. The second-order valence-corrected chi connectivity index (χ2v) is 4.29. The minimum atomic E-state index is 0.00535. The van der Waals surface area contributed by atoms with Crippen LogP contribution in [0, 0.1) is 3.57 Å². The standard InChI is InChI=1S/C8H7ClINO/c9-5-2-8-4(1-6(5)10)7(11)3-12-8/h1-2,7H,3,11H2. The lowest BCUT2D eigenvalue weighted by atomic mass is 10.1. The van der Waals surface area contributed by atoms with E-state index in [0.717, 1.165) is 19.9 Å². The Bertz CT molecular complexity index is 329. The topological polar surface area (TPSA) is 35.2 Å². The zero-order chi connectivity index (χ0) is 8.72. The van der Waals surface area contributed by atoms with Crippen molar-refractivity contribution in [1.29, 1.82) is 0 Å². The molecule has 12 heavy (non-hydrogen) atoms. The Hall–Kier alpha value is -0.0000000000000000555. The molecule has 0 aromatic heterocycles. The molecule has 0 spiro atoms. The Balaban J connectivity index is 2.56. The third kappa shape index (κ3) is 1.30. The van der Waals surface area contributed by atoms with Crippen molar-refractivity contribution in [1.82, 2.24) is 0 Å². The summed E-state index contributed by atoms with van der Waals surface area (Å²) in [6, 6.07) is 3.81. The van der Waals surface area contributed by atoms with E-state index in [1.54, 1.807) is 0 Å². The molecule has 0 saturated carbocycles. The molecule has 0 radical (unpaired) electrons. The van der Waals surface area contributed by atoms with E-state index in [2.05, 4.69) is 22.6 Å². The van der Waals surface area contributed by atoms with Crippen LogP contribution >= 0.6 is 34.2 Å². The van der Waals surface area contributed by atoms with Crippen molar-refractivity contribution in [3.8, 4) is 5.75 Å². The second-order valence-electron chi connectivity index (χ2n) is 2.72. The Morgan fingerprint density at radius 2 is 2.33 bits per heavy atom. The van der Waals surface area contributed by atoms with Gasteiger partial charge in [-0.05, 0) is 28.7 Å². The summed E-state index contributed by atoms with van der Waals surface area (Å²) in [6.07, 6.45) is 0. The molecular formula is C8H7ClINO. The summed E-state index contributed by atoms with van der Waals surface area (Å²) in [4.78, 5) is 0. The molecule has 64 valence electrons. The molecule has 0 fully saturated rings. The molecule has 2 N–H and O–H groups in total. The SMILES string of the molecule is NC1COc2cc(Cl)c(I)cc21. The van der Waals surface area contributed by atoms with Crippen molar-refractivity contribution in [2.24, 2.45) is 5.73 Å². The minimum Gasteiger partial charge on any atom is -0.491 e. The molecule has 1 heterocycles. The van der Waals surface area contributed by atoms with E-state index in [0.29, 0.717) is 6.61 Å². The number of hydrogen-bond donors (Lipinski definition) is 1. The summed E-state index contributed by atoms with van der Waals surface area (Å²) in [7, 11) is 0. The van der Waals surface area contributed by atoms with Crippen molar-refractivity contribution in [2.45, 2.75) is 6.04 Å². The van der Waals surface area contributed by atoms with Crippen LogP contribution < -0.4 is 10.5 Å². The maximum Gasteiger partial charge on any atom is 0.125 e. The summed E-state index contributed by atoms with van der Waals surface area (Å²) in [5.41, 5.74) is 6.85. The second kappa shape index (κ2) is 3.05. The van der Waals surface area contributed by atoms with E-state index in [4.69, 9.17) is 22.1 Å². The molecule has 2 rings (SSSR count). The van der Waals surface area contributed by atoms with Crippen LogP contribution in [0.25, 0.3) is 0 Å². The van der Waals surface area contributed by atoms with Crippen LogP contribution in [0.1, 0.15) is 11.6 Å². The average Bonchev–Trinajstić information content (AvgIpc) is 2.35. The van der Waals surface area contributed by atoms with Gasteiger partial charge in [0.2, 0.25) is 0 Å². The molecular weight excluding hydrogens is 288 g/mol. The van der Waals surface area contributed by atoms with Crippen molar-refractivity contribution in [2.75, 3.05) is 6.61 Å². The highest BCUT2D eigenvalue weighted by Crippen LogP contribution is 2.35. The summed E-state index contributed by atoms with van der Waals surface area (Å²) in [5.74, 6) is 0.827. The fourth-order valence-electron chi connectivity index (χ4n) is 1.23. The van der Waals surface area contributed by atoms with Gasteiger partial charge >= 0.3 is 0 Å². The number of nitrogens with two attached hydrogens (primary N) is 1. The van der Waals surface area contributed by atoms with Crippen molar-refractivity contribution < 1.29 is 4.74 Å². The molecule has 0 saturated heterocycles. The van der Waals surface area contributed by atoms with E-state index in [1.165, 1.54) is 0 Å². The number of fused-ring (bicyclic) bond motifs is 1. The van der Waals surface area contributed by atoms with Gasteiger partial charge in [0.15, 0.2) is 0 Å². The average molecular weight is 296 g/mol. The smallest absolute Gasteiger partial charge is 0.125 e. The number of rotatable bonds is 0. The maximum atomic E-state index is 5.91. The van der Waals surface area contributed by atoms with E-state index in [1.807, 2.05) is 12.1 Å². The van der Waals surface area contributed by atoms with E-state index >= 15 is 0 Å². The Morgan fingerprint density at radius 1 is 1.58 bits per heavy atom. The van der Waals surface area contributed by atoms with Crippen LogP contribution in [0.15, 0.2) is 12.1 Å². The fraction of sp³-hybridized carbons (Fsp3) is 0.250. The predicted octanol–water partition coefficient (Wildman–Crippen LogP) is 2.34. The summed E-state index contributed by atoms with van der Waals surface area (Å²) < 4.78 is 6.36. The Kier molecular flexibility index (Phi) is 2.18. The largest absolute Gasteiger partial charge is 0.491 e. The van der Waals surface area contributed by atoms with Gasteiger partial charge < -0.3 is 10.5 Å². The minimum absolute atomic E-state index is 0.00535. The Morgan fingerprint density at radius 3 is 3.08 bits per heavy atom. The predicted molar refractivity (Wildman–Crippen MR) is 56.6 cm³/mol. The normalized spacial score (nSPS) is 20.4. The molecule has 1 aliphatic rings. The highest BCUT2D eigenvalue weighted by Gasteiger charge is 2.21. The van der Waals surface area contributed by atoms with Crippen LogP contribution in [0.5, 0.6) is 5.75 Å². The summed E-state index contributed by atoms with van der Waals surface area (Å²) in [5, 5.41) is 0.725. The number of ether oxygens (including phenoxy) is 1. The van der Waals surface area contributed by atoms with Gasteiger partial charge in [0.25, 0.3) is 0 Å². The number of halogens is 2. The van der Waals surface area contributed by atoms with Crippen molar-refractivity contribution in [3.63, 3.8) is 0 Å². The molecule has 0 aliphatic carbocycles. The first-order valence-corrected chi connectivity index (χ1v) is 5.01. The molecule has 0 bridgehead atoms. The molecule has 0 amide bonds. The number of benzene rings is 1. The van der Waals surface area contributed by atoms with Gasteiger partial charge in [-0.2, -0.15) is 0 Å². The van der Waals surface area contributed by atoms with Crippen molar-refractivity contribution in [3.05, 3.63) is 26.3 Å². The van der Waals surface area contributed by atoms with Gasteiger partial charge in [-0.15, -0.1) is 0 Å². The first kappa shape index (κ1) is 8.59. The maximum absolute atomic E-state index is 5.91. The van der Waals surface area contributed by atoms with Crippen LogP contribution in [-0.4, -0.2) is 6.61 Å². The van der Waals surface area contributed by atoms with E-state index in [-0.39, 0.29) is 6.04 Å². The highest BCUT2D eigenvalue weighted by molar-refractivity contribution is 14.1.